The Labute approximate surface area is 81.5 Å². The predicted molar refractivity (Wildman–Crippen MR) is 49.1 cm³/mol. The molecular formula is C5H14O7P2. The van der Waals surface area contributed by atoms with Crippen molar-refractivity contribution < 1.29 is 33.8 Å². The van der Waals surface area contributed by atoms with Gasteiger partial charge in [0.05, 0.1) is 11.8 Å². The first-order valence-corrected chi connectivity index (χ1v) is 6.87. The monoisotopic (exact) mass is 248 g/mol. The Hall–Kier alpha value is 0.260. The zero-order chi connectivity index (χ0) is 11.4. The summed E-state index contributed by atoms with van der Waals surface area (Å²) in [5.41, 5.74) is -0.595. The molecule has 5 N–H and O–H groups in total. The average Bonchev–Trinajstić information content (AvgIpc) is 2.32. The second-order valence-corrected chi connectivity index (χ2v) is 5.47. The van der Waals surface area contributed by atoms with E-state index in [1.165, 1.54) is 0 Å². The average molecular weight is 248 g/mol. The Balaban J connectivity index is 0.000000364. The fourth-order valence-electron chi connectivity index (χ4n) is 1.24. The van der Waals surface area contributed by atoms with E-state index in [1.807, 2.05) is 0 Å². The SMILES string of the molecule is O=P(O)(O)C1CCC(O)C1.O=[PH](O)O. The molecule has 2 unspecified atom stereocenters. The summed E-state index contributed by atoms with van der Waals surface area (Å²) in [5.74, 6) is 0. The van der Waals surface area contributed by atoms with E-state index in [-0.39, 0.29) is 6.42 Å². The maximum atomic E-state index is 10.6. The third-order valence-electron chi connectivity index (χ3n) is 1.85. The lowest BCUT2D eigenvalue weighted by molar-refractivity contribution is 0.182. The van der Waals surface area contributed by atoms with Gasteiger partial charge in [0.15, 0.2) is 0 Å². The minimum absolute atomic E-state index is 0.254. The summed E-state index contributed by atoms with van der Waals surface area (Å²) in [5, 5.41) is 8.92. The van der Waals surface area contributed by atoms with Crippen LogP contribution in [0.4, 0.5) is 0 Å². The number of hydrogen-bond donors (Lipinski definition) is 5. The van der Waals surface area contributed by atoms with Crippen LogP contribution in [0.15, 0.2) is 0 Å². The summed E-state index contributed by atoms with van der Waals surface area (Å²) < 4.78 is 19.3. The van der Waals surface area contributed by atoms with Gasteiger partial charge in [0, 0.05) is 0 Å². The molecule has 0 aliphatic heterocycles. The van der Waals surface area contributed by atoms with Gasteiger partial charge >= 0.3 is 15.9 Å². The minimum Gasteiger partial charge on any atom is -0.393 e. The van der Waals surface area contributed by atoms with E-state index < -0.39 is 27.6 Å². The number of aliphatic hydroxyl groups excluding tert-OH is 1. The molecule has 0 radical (unpaired) electrons. The quantitative estimate of drug-likeness (QED) is 0.392. The van der Waals surface area contributed by atoms with E-state index >= 15 is 0 Å². The zero-order valence-electron chi connectivity index (χ0n) is 7.28. The molecule has 14 heavy (non-hydrogen) atoms. The molecule has 0 saturated heterocycles. The Kier molecular flexibility index (Phi) is 6.09. The first-order valence-electron chi connectivity index (χ1n) is 3.88. The standard InChI is InChI=1S/C5H11O4P.H3O3P/c6-4-1-2-5(3-4)10(7,8)9;1-4(2)3/h4-6H,1-3H2,(H2,7,8,9);4H,(H2,1,2,3). The molecule has 0 bridgehead atoms. The van der Waals surface area contributed by atoms with Gasteiger partial charge in [0.2, 0.25) is 0 Å². The highest BCUT2D eigenvalue weighted by Gasteiger charge is 2.35. The third-order valence-corrected chi connectivity index (χ3v) is 3.27. The summed E-state index contributed by atoms with van der Waals surface area (Å²) in [7, 11) is -7.04. The Morgan fingerprint density at radius 3 is 1.79 bits per heavy atom. The van der Waals surface area contributed by atoms with Crippen LogP contribution in [0.1, 0.15) is 19.3 Å². The smallest absolute Gasteiger partial charge is 0.328 e. The van der Waals surface area contributed by atoms with Crippen LogP contribution in [0.25, 0.3) is 0 Å². The Bertz CT molecular complexity index is 232. The van der Waals surface area contributed by atoms with Crippen LogP contribution in [-0.2, 0) is 9.13 Å². The van der Waals surface area contributed by atoms with Crippen molar-refractivity contribution in [3.8, 4) is 0 Å². The summed E-state index contributed by atoms with van der Waals surface area (Å²) in [6.07, 6.45) is 0.725. The summed E-state index contributed by atoms with van der Waals surface area (Å²) >= 11 is 0. The molecule has 1 aliphatic carbocycles. The van der Waals surface area contributed by atoms with Crippen LogP contribution >= 0.6 is 15.9 Å². The molecule has 0 amide bonds. The molecule has 0 heterocycles. The van der Waals surface area contributed by atoms with Crippen molar-refractivity contribution in [3.63, 3.8) is 0 Å². The van der Waals surface area contributed by atoms with Gasteiger partial charge in [-0.15, -0.1) is 0 Å². The summed E-state index contributed by atoms with van der Waals surface area (Å²) in [6.45, 7) is 0. The highest BCUT2D eigenvalue weighted by atomic mass is 31.2. The normalized spacial score (nSPS) is 27.3. The molecule has 0 aromatic carbocycles. The van der Waals surface area contributed by atoms with Gasteiger partial charge in [-0.2, -0.15) is 0 Å². The number of hydrogen-bond acceptors (Lipinski definition) is 3. The maximum Gasteiger partial charge on any atom is 0.328 e. The molecule has 1 aliphatic rings. The van der Waals surface area contributed by atoms with Gasteiger partial charge in [-0.1, -0.05) is 0 Å². The van der Waals surface area contributed by atoms with Crippen LogP contribution in [0, 0.1) is 0 Å². The van der Waals surface area contributed by atoms with Crippen molar-refractivity contribution in [2.24, 2.45) is 0 Å². The molecule has 7 nitrogen and oxygen atoms in total. The maximum absolute atomic E-state index is 10.6. The second-order valence-electron chi connectivity index (χ2n) is 2.99. The molecule has 2 atom stereocenters. The van der Waals surface area contributed by atoms with Crippen molar-refractivity contribution >= 4 is 15.9 Å². The van der Waals surface area contributed by atoms with E-state index in [9.17, 15) is 4.57 Å². The van der Waals surface area contributed by atoms with Crippen LogP contribution in [0.2, 0.25) is 0 Å². The van der Waals surface area contributed by atoms with Crippen LogP contribution in [0.5, 0.6) is 0 Å². The molecule has 0 spiro atoms. The second kappa shape index (κ2) is 5.98. The van der Waals surface area contributed by atoms with Crippen LogP contribution in [0.3, 0.4) is 0 Å². The van der Waals surface area contributed by atoms with Gasteiger partial charge < -0.3 is 24.7 Å². The Morgan fingerprint density at radius 2 is 1.64 bits per heavy atom. The molecule has 86 valence electrons. The molecule has 1 saturated carbocycles. The largest absolute Gasteiger partial charge is 0.393 e. The fourth-order valence-corrected chi connectivity index (χ4v) is 2.24. The third kappa shape index (κ3) is 6.68. The lowest BCUT2D eigenvalue weighted by Crippen LogP contribution is -2.05. The van der Waals surface area contributed by atoms with Crippen molar-refractivity contribution in [2.45, 2.75) is 31.0 Å². The summed E-state index contributed by atoms with van der Waals surface area (Å²) in [6, 6.07) is 0. The lowest BCUT2D eigenvalue weighted by atomic mass is 10.3. The summed E-state index contributed by atoms with van der Waals surface area (Å²) in [4.78, 5) is 31.6. The van der Waals surface area contributed by atoms with Crippen molar-refractivity contribution in [3.05, 3.63) is 0 Å². The number of aliphatic hydroxyl groups is 1. The first kappa shape index (κ1) is 14.3. The van der Waals surface area contributed by atoms with E-state index in [0.717, 1.165) is 0 Å². The minimum atomic E-state index is -3.91. The Morgan fingerprint density at radius 1 is 1.21 bits per heavy atom. The van der Waals surface area contributed by atoms with Crippen molar-refractivity contribution in [2.75, 3.05) is 0 Å². The van der Waals surface area contributed by atoms with Crippen LogP contribution < -0.4 is 0 Å². The number of rotatable bonds is 1. The van der Waals surface area contributed by atoms with E-state index in [4.69, 9.17) is 29.2 Å². The van der Waals surface area contributed by atoms with E-state index in [0.29, 0.717) is 12.8 Å². The zero-order valence-corrected chi connectivity index (χ0v) is 9.17. The van der Waals surface area contributed by atoms with Crippen molar-refractivity contribution in [1.29, 1.82) is 0 Å². The van der Waals surface area contributed by atoms with Gasteiger partial charge in [-0.05, 0) is 19.3 Å². The first-order chi connectivity index (χ1) is 6.23. The lowest BCUT2D eigenvalue weighted by Gasteiger charge is -2.09. The molecule has 1 rings (SSSR count). The van der Waals surface area contributed by atoms with E-state index in [2.05, 4.69) is 0 Å². The molecule has 9 heteroatoms. The van der Waals surface area contributed by atoms with Gasteiger partial charge in [-0.3, -0.25) is 9.13 Å². The molecule has 0 aromatic heterocycles. The van der Waals surface area contributed by atoms with Gasteiger partial charge in [0.25, 0.3) is 0 Å². The highest BCUT2D eigenvalue weighted by Crippen LogP contribution is 2.48. The molecule has 0 aromatic rings. The highest BCUT2D eigenvalue weighted by molar-refractivity contribution is 7.52. The molecular weight excluding hydrogens is 234 g/mol. The molecule has 1 fully saturated rings. The fraction of sp³-hybridized carbons (Fsp3) is 1.00. The predicted octanol–water partition coefficient (Wildman–Crippen LogP) is -0.562. The van der Waals surface area contributed by atoms with Gasteiger partial charge in [0.1, 0.15) is 0 Å². The van der Waals surface area contributed by atoms with E-state index in [1.54, 1.807) is 0 Å². The van der Waals surface area contributed by atoms with Gasteiger partial charge in [-0.25, -0.2) is 0 Å². The van der Waals surface area contributed by atoms with Crippen molar-refractivity contribution in [1.82, 2.24) is 0 Å². The van der Waals surface area contributed by atoms with Crippen LogP contribution in [-0.4, -0.2) is 36.4 Å². The topological polar surface area (TPSA) is 135 Å².